The largest absolute Gasteiger partial charge is 0.352 e. The van der Waals surface area contributed by atoms with Gasteiger partial charge in [-0.05, 0) is 47.8 Å². The maximum absolute atomic E-state index is 12.4. The van der Waals surface area contributed by atoms with Crippen molar-refractivity contribution in [3.63, 3.8) is 0 Å². The Labute approximate surface area is 151 Å². The van der Waals surface area contributed by atoms with Gasteiger partial charge in [0, 0.05) is 43.6 Å². The van der Waals surface area contributed by atoms with E-state index in [1.807, 2.05) is 11.3 Å². The highest BCUT2D eigenvalue weighted by atomic mass is 79.9. The van der Waals surface area contributed by atoms with Gasteiger partial charge in [0.2, 0.25) is 5.91 Å². The molecule has 0 aromatic carbocycles. The molecule has 1 unspecified atom stereocenters. The van der Waals surface area contributed by atoms with Crippen LogP contribution in [0, 0.1) is 0 Å². The standard InChI is InChI=1S/C17H26BrN3OS/c1-13(17(22)19-14-4-2-3-5-14)21-10-8-20(9-11-21)12-15-6-7-16(18)23-15/h6-7,13-14H,2-5,8-12H2,1H3,(H,19,22). The predicted octanol–water partition coefficient (Wildman–Crippen LogP) is 3.08. The van der Waals surface area contributed by atoms with E-state index < -0.39 is 0 Å². The first-order chi connectivity index (χ1) is 11.1. The molecule has 1 N–H and O–H groups in total. The fourth-order valence-corrected chi connectivity index (χ4v) is 5.05. The quantitative estimate of drug-likeness (QED) is 0.825. The average molecular weight is 400 g/mol. The topological polar surface area (TPSA) is 35.6 Å². The normalized spacial score (nSPS) is 22.3. The van der Waals surface area contributed by atoms with Crippen LogP contribution in [0.3, 0.4) is 0 Å². The Morgan fingerprint density at radius 1 is 1.30 bits per heavy atom. The SMILES string of the molecule is CC(C(=O)NC1CCCC1)N1CCN(Cc2ccc(Br)s2)CC1. The highest BCUT2D eigenvalue weighted by molar-refractivity contribution is 9.11. The van der Waals surface area contributed by atoms with E-state index in [-0.39, 0.29) is 11.9 Å². The number of thiophene rings is 1. The summed E-state index contributed by atoms with van der Waals surface area (Å²) in [5, 5.41) is 3.23. The summed E-state index contributed by atoms with van der Waals surface area (Å²) in [6.45, 7) is 7.10. The summed E-state index contributed by atoms with van der Waals surface area (Å²) in [7, 11) is 0. The molecule has 6 heteroatoms. The molecule has 0 bridgehead atoms. The van der Waals surface area contributed by atoms with Crippen LogP contribution in [0.1, 0.15) is 37.5 Å². The lowest BCUT2D eigenvalue weighted by Gasteiger charge is -2.37. The van der Waals surface area contributed by atoms with Crippen LogP contribution < -0.4 is 5.32 Å². The molecule has 2 aliphatic rings. The number of piperazine rings is 1. The number of halogens is 1. The molecule has 2 heterocycles. The zero-order valence-electron chi connectivity index (χ0n) is 13.8. The van der Waals surface area contributed by atoms with Crippen LogP contribution in [0.5, 0.6) is 0 Å². The molecule has 4 nitrogen and oxygen atoms in total. The van der Waals surface area contributed by atoms with Crippen LogP contribution in [0.2, 0.25) is 0 Å². The van der Waals surface area contributed by atoms with Gasteiger partial charge in [-0.15, -0.1) is 11.3 Å². The van der Waals surface area contributed by atoms with Crippen LogP contribution in [0.4, 0.5) is 0 Å². The molecule has 1 aromatic heterocycles. The Balaban J connectivity index is 1.43. The van der Waals surface area contributed by atoms with Crippen LogP contribution in [0.15, 0.2) is 15.9 Å². The van der Waals surface area contributed by atoms with Gasteiger partial charge >= 0.3 is 0 Å². The predicted molar refractivity (Wildman–Crippen MR) is 98.7 cm³/mol. The van der Waals surface area contributed by atoms with Gasteiger partial charge in [0.05, 0.1) is 9.83 Å². The fourth-order valence-electron chi connectivity index (χ4n) is 3.52. The lowest BCUT2D eigenvalue weighted by atomic mass is 10.2. The molecule has 1 aliphatic carbocycles. The molecule has 0 radical (unpaired) electrons. The van der Waals surface area contributed by atoms with Crippen molar-refractivity contribution in [3.05, 3.63) is 20.8 Å². The first-order valence-electron chi connectivity index (χ1n) is 8.63. The van der Waals surface area contributed by atoms with E-state index in [2.05, 4.69) is 50.1 Å². The second-order valence-corrected chi connectivity index (χ2v) is 9.23. The van der Waals surface area contributed by atoms with E-state index in [1.54, 1.807) is 0 Å². The molecule has 3 rings (SSSR count). The van der Waals surface area contributed by atoms with Crippen molar-refractivity contribution in [2.24, 2.45) is 0 Å². The Morgan fingerprint density at radius 3 is 2.61 bits per heavy atom. The zero-order chi connectivity index (χ0) is 16.2. The third-order valence-electron chi connectivity index (χ3n) is 5.04. The lowest BCUT2D eigenvalue weighted by molar-refractivity contribution is -0.127. The van der Waals surface area contributed by atoms with Crippen molar-refractivity contribution < 1.29 is 4.79 Å². The third kappa shape index (κ3) is 4.78. The Bertz CT molecular complexity index is 522. The maximum Gasteiger partial charge on any atom is 0.237 e. The molecule has 23 heavy (non-hydrogen) atoms. The van der Waals surface area contributed by atoms with E-state index in [1.165, 1.54) is 21.5 Å². The Kier molecular flexibility index (Phi) is 6.13. The highest BCUT2D eigenvalue weighted by Gasteiger charge is 2.27. The first-order valence-corrected chi connectivity index (χ1v) is 10.2. The zero-order valence-corrected chi connectivity index (χ0v) is 16.2. The highest BCUT2D eigenvalue weighted by Crippen LogP contribution is 2.24. The molecule has 1 amide bonds. The van der Waals surface area contributed by atoms with Crippen molar-refractivity contribution in [2.75, 3.05) is 26.2 Å². The Hall–Kier alpha value is -0.430. The smallest absolute Gasteiger partial charge is 0.237 e. The molecule has 1 atom stereocenters. The summed E-state index contributed by atoms with van der Waals surface area (Å²) in [5.74, 6) is 0.215. The average Bonchev–Trinajstić information content (AvgIpc) is 3.19. The molecule has 1 saturated heterocycles. The number of nitrogens with one attached hydrogen (secondary N) is 1. The minimum Gasteiger partial charge on any atom is -0.352 e. The molecule has 2 fully saturated rings. The van der Waals surface area contributed by atoms with E-state index in [9.17, 15) is 4.79 Å². The number of amides is 1. The van der Waals surface area contributed by atoms with Gasteiger partial charge in [-0.2, -0.15) is 0 Å². The van der Waals surface area contributed by atoms with Crippen LogP contribution in [0.25, 0.3) is 0 Å². The molecule has 1 aliphatic heterocycles. The monoisotopic (exact) mass is 399 g/mol. The number of carbonyl (C=O) groups is 1. The van der Waals surface area contributed by atoms with Gasteiger partial charge < -0.3 is 5.32 Å². The van der Waals surface area contributed by atoms with Gasteiger partial charge in [-0.1, -0.05) is 12.8 Å². The van der Waals surface area contributed by atoms with Crippen LogP contribution >= 0.6 is 27.3 Å². The van der Waals surface area contributed by atoms with E-state index in [4.69, 9.17) is 0 Å². The summed E-state index contributed by atoms with van der Waals surface area (Å²) >= 11 is 5.33. The molecule has 0 spiro atoms. The van der Waals surface area contributed by atoms with Crippen molar-refractivity contribution >= 4 is 33.2 Å². The number of nitrogens with zero attached hydrogens (tertiary/aromatic N) is 2. The van der Waals surface area contributed by atoms with Crippen molar-refractivity contribution in [1.82, 2.24) is 15.1 Å². The minimum absolute atomic E-state index is 0.00590. The van der Waals surface area contributed by atoms with Gasteiger partial charge in [0.1, 0.15) is 0 Å². The second-order valence-electron chi connectivity index (χ2n) is 6.68. The van der Waals surface area contributed by atoms with Crippen LogP contribution in [-0.4, -0.2) is 54.0 Å². The first kappa shape index (κ1) is 17.4. The fraction of sp³-hybridized carbons (Fsp3) is 0.706. The van der Waals surface area contributed by atoms with Crippen molar-refractivity contribution in [2.45, 2.75) is 51.2 Å². The summed E-state index contributed by atoms with van der Waals surface area (Å²) in [6, 6.07) is 4.72. The number of rotatable bonds is 5. The maximum atomic E-state index is 12.4. The minimum atomic E-state index is -0.00590. The van der Waals surface area contributed by atoms with E-state index >= 15 is 0 Å². The van der Waals surface area contributed by atoms with E-state index in [0.717, 1.165) is 45.6 Å². The summed E-state index contributed by atoms with van der Waals surface area (Å²) in [6.07, 6.45) is 4.83. The van der Waals surface area contributed by atoms with Gasteiger partial charge in [0.25, 0.3) is 0 Å². The molecule has 1 saturated carbocycles. The number of hydrogen-bond acceptors (Lipinski definition) is 4. The third-order valence-corrected chi connectivity index (χ3v) is 6.65. The van der Waals surface area contributed by atoms with Gasteiger partial charge in [-0.3, -0.25) is 14.6 Å². The Morgan fingerprint density at radius 2 is 2.00 bits per heavy atom. The molecular formula is C17H26BrN3OS. The van der Waals surface area contributed by atoms with Gasteiger partial charge in [-0.25, -0.2) is 0 Å². The molecule has 128 valence electrons. The summed E-state index contributed by atoms with van der Waals surface area (Å²) in [5.41, 5.74) is 0. The summed E-state index contributed by atoms with van der Waals surface area (Å²) in [4.78, 5) is 18.6. The van der Waals surface area contributed by atoms with Crippen molar-refractivity contribution in [1.29, 1.82) is 0 Å². The number of hydrogen-bond donors (Lipinski definition) is 1. The summed E-state index contributed by atoms with van der Waals surface area (Å²) < 4.78 is 1.20. The number of carbonyl (C=O) groups excluding carboxylic acids is 1. The molecular weight excluding hydrogens is 374 g/mol. The second kappa shape index (κ2) is 8.10. The van der Waals surface area contributed by atoms with E-state index in [0.29, 0.717) is 6.04 Å². The molecule has 1 aromatic rings. The lowest BCUT2D eigenvalue weighted by Crippen LogP contribution is -2.54. The van der Waals surface area contributed by atoms with Crippen molar-refractivity contribution in [3.8, 4) is 0 Å². The van der Waals surface area contributed by atoms with Crippen LogP contribution in [-0.2, 0) is 11.3 Å². The van der Waals surface area contributed by atoms with Gasteiger partial charge in [0.15, 0.2) is 0 Å².